The summed E-state index contributed by atoms with van der Waals surface area (Å²) >= 11 is 0. The fourth-order valence-electron chi connectivity index (χ4n) is 11.8. The van der Waals surface area contributed by atoms with E-state index in [4.69, 9.17) is 30.6 Å². The number of imide groups is 1. The number of terminal acetylenes is 1. The summed E-state index contributed by atoms with van der Waals surface area (Å²) in [5, 5.41) is 14.0. The molecule has 3 amide bonds. The number of methoxy groups -OCH3 is 1. The minimum atomic E-state index is -1.03. The zero-order valence-corrected chi connectivity index (χ0v) is 40.5. The van der Waals surface area contributed by atoms with E-state index in [9.17, 15) is 19.5 Å². The van der Waals surface area contributed by atoms with Gasteiger partial charge in [0, 0.05) is 112 Å². The third kappa shape index (κ3) is 8.80. The Morgan fingerprint density at radius 2 is 1.77 bits per heavy atom. The predicted octanol–water partition coefficient (Wildman–Crippen LogP) is 5.59. The normalized spacial score (nSPS) is 25.1. The van der Waals surface area contributed by atoms with Gasteiger partial charge in [0.2, 0.25) is 17.7 Å². The summed E-state index contributed by atoms with van der Waals surface area (Å²) in [6.07, 6.45) is 9.35. The SMILES string of the molecule is C#Cc1c(F)ccc2cc(O)cc(-c3nc(OC)c4c(N5CCCOC6CC65)nc(OCC5(CN6CCN(CC7CCN(c8ccc9c(c8)CN(C8CCC(=O)NC8=O)C9=O)CC7F)CC6)CC5)nc4c3F)c12. The van der Waals surface area contributed by atoms with E-state index in [-0.39, 0.29) is 106 Å². The van der Waals surface area contributed by atoms with Gasteiger partial charge in [0.1, 0.15) is 46.2 Å². The van der Waals surface area contributed by atoms with Crippen molar-refractivity contribution in [2.24, 2.45) is 11.3 Å². The van der Waals surface area contributed by atoms with Gasteiger partial charge in [-0.15, -0.1) is 6.42 Å². The number of ether oxygens (including phenoxy) is 3. The number of piperidine rings is 2. The second-order valence-corrected chi connectivity index (χ2v) is 20.9. The van der Waals surface area contributed by atoms with E-state index < -0.39 is 29.8 Å². The number of anilines is 2. The molecular weight excluding hydrogens is 944 g/mol. The molecule has 2 aromatic heterocycles. The van der Waals surface area contributed by atoms with E-state index in [1.807, 2.05) is 17.0 Å². The van der Waals surface area contributed by atoms with Gasteiger partial charge in [-0.05, 0) is 85.9 Å². The van der Waals surface area contributed by atoms with Crippen LogP contribution < -0.4 is 24.6 Å². The third-order valence-corrected chi connectivity index (χ3v) is 16.1. The number of carbonyl (C=O) groups is 3. The molecule has 2 aliphatic carbocycles. The van der Waals surface area contributed by atoms with Crippen molar-refractivity contribution in [3.05, 3.63) is 70.8 Å². The zero-order valence-electron chi connectivity index (χ0n) is 40.5. The lowest BCUT2D eigenvalue weighted by atomic mass is 9.93. The van der Waals surface area contributed by atoms with Crippen molar-refractivity contribution >= 4 is 50.9 Å². The van der Waals surface area contributed by atoms with Crippen LogP contribution in [0.5, 0.6) is 17.6 Å². The van der Waals surface area contributed by atoms with E-state index in [2.05, 4.69) is 30.9 Å². The molecule has 2 N–H and O–H groups in total. The summed E-state index contributed by atoms with van der Waals surface area (Å²) in [5.41, 5.74) is 1.71. The molecule has 5 aliphatic heterocycles. The van der Waals surface area contributed by atoms with Crippen LogP contribution >= 0.6 is 0 Å². The highest BCUT2D eigenvalue weighted by atomic mass is 19.1. The maximum Gasteiger partial charge on any atom is 0.319 e. The second-order valence-electron chi connectivity index (χ2n) is 20.9. The van der Waals surface area contributed by atoms with Gasteiger partial charge >= 0.3 is 6.01 Å². The number of benzene rings is 3. The lowest BCUT2D eigenvalue weighted by Gasteiger charge is -2.41. The molecule has 12 rings (SSSR count). The number of hydrogen-bond acceptors (Lipinski definition) is 14. The van der Waals surface area contributed by atoms with Crippen molar-refractivity contribution in [1.82, 2.24) is 35.0 Å². The molecule has 5 aromatic rings. The van der Waals surface area contributed by atoms with Gasteiger partial charge in [-0.25, -0.2) is 18.2 Å². The molecule has 7 heterocycles. The Kier molecular flexibility index (Phi) is 12.1. The maximum atomic E-state index is 17.4. The monoisotopic (exact) mass is 999 g/mol. The highest BCUT2D eigenvalue weighted by molar-refractivity contribution is 6.06. The molecule has 0 spiro atoms. The van der Waals surface area contributed by atoms with Crippen LogP contribution in [0.15, 0.2) is 42.5 Å². The van der Waals surface area contributed by atoms with Gasteiger partial charge in [0.05, 0.1) is 31.4 Å². The molecule has 4 saturated heterocycles. The van der Waals surface area contributed by atoms with Crippen molar-refractivity contribution < 1.29 is 46.9 Å². The first-order valence-electron chi connectivity index (χ1n) is 25.4. The Balaban J connectivity index is 0.709. The van der Waals surface area contributed by atoms with Crippen molar-refractivity contribution in [3.63, 3.8) is 0 Å². The first-order chi connectivity index (χ1) is 35.4. The van der Waals surface area contributed by atoms with Crippen LogP contribution in [-0.2, 0) is 20.9 Å². The average Bonchev–Trinajstić information content (AvgIpc) is 4.32. The van der Waals surface area contributed by atoms with E-state index >= 15 is 13.2 Å². The molecule has 0 radical (unpaired) electrons. The Morgan fingerprint density at radius 3 is 2.53 bits per heavy atom. The number of aromatic nitrogens is 3. The molecule has 6 fully saturated rings. The van der Waals surface area contributed by atoms with E-state index in [1.165, 1.54) is 36.3 Å². The van der Waals surface area contributed by atoms with Crippen molar-refractivity contribution in [1.29, 1.82) is 0 Å². The van der Waals surface area contributed by atoms with Gasteiger partial charge in [-0.2, -0.15) is 9.97 Å². The Hall–Kier alpha value is -6.75. The number of amides is 3. The summed E-state index contributed by atoms with van der Waals surface area (Å²) in [6, 6.07) is 10.3. The molecule has 0 bridgehead atoms. The first kappa shape index (κ1) is 47.3. The van der Waals surface area contributed by atoms with Crippen molar-refractivity contribution in [2.75, 3.05) is 89.0 Å². The Morgan fingerprint density at radius 1 is 0.945 bits per heavy atom. The van der Waals surface area contributed by atoms with Crippen LogP contribution in [0.3, 0.4) is 0 Å². The largest absolute Gasteiger partial charge is 0.508 e. The van der Waals surface area contributed by atoms with Crippen LogP contribution in [0, 0.1) is 35.3 Å². The highest BCUT2D eigenvalue weighted by Gasteiger charge is 2.48. The first-order valence-corrected chi connectivity index (χ1v) is 25.4. The lowest BCUT2D eigenvalue weighted by Crippen LogP contribution is -2.52. The molecule has 5 unspecified atom stereocenters. The molecule has 19 heteroatoms. The van der Waals surface area contributed by atoms with Crippen molar-refractivity contribution in [2.45, 2.75) is 75.8 Å². The number of carbonyl (C=O) groups excluding carboxylic acids is 3. The molecule has 380 valence electrons. The fourth-order valence-corrected chi connectivity index (χ4v) is 11.8. The highest BCUT2D eigenvalue weighted by Crippen LogP contribution is 2.48. The van der Waals surface area contributed by atoms with Gasteiger partial charge < -0.3 is 43.8 Å². The number of phenolic OH excluding ortho intramolecular Hbond substituents is 1. The number of rotatable bonds is 12. The van der Waals surface area contributed by atoms with Gasteiger partial charge in [-0.1, -0.05) is 12.0 Å². The second kappa shape index (κ2) is 18.6. The van der Waals surface area contributed by atoms with E-state index in [1.54, 1.807) is 6.07 Å². The Labute approximate surface area is 419 Å². The van der Waals surface area contributed by atoms with Gasteiger partial charge in [0.25, 0.3) is 5.91 Å². The molecule has 2 saturated carbocycles. The summed E-state index contributed by atoms with van der Waals surface area (Å²) in [6.45, 7) is 7.46. The van der Waals surface area contributed by atoms with E-state index in [0.717, 1.165) is 69.7 Å². The number of pyridine rings is 1. The summed E-state index contributed by atoms with van der Waals surface area (Å²) in [7, 11) is 1.43. The number of halogens is 3. The number of alkyl halides is 1. The third-order valence-electron chi connectivity index (χ3n) is 16.1. The number of nitrogens with one attached hydrogen (secondary N) is 1. The Bertz CT molecular complexity index is 3120. The number of phenols is 1. The minimum Gasteiger partial charge on any atom is -0.508 e. The van der Waals surface area contributed by atoms with Crippen molar-refractivity contribution in [3.8, 4) is 41.2 Å². The number of hydrogen-bond donors (Lipinski definition) is 2. The molecule has 16 nitrogen and oxygen atoms in total. The molecule has 3 aromatic carbocycles. The van der Waals surface area contributed by atoms with Crippen LogP contribution in [0.4, 0.5) is 24.7 Å². The fraction of sp³-hybridized carbons (Fsp3) is 0.481. The summed E-state index contributed by atoms with van der Waals surface area (Å²) < 4.78 is 67.0. The molecule has 73 heavy (non-hydrogen) atoms. The quantitative estimate of drug-likeness (QED) is 0.117. The number of aromatic hydroxyl groups is 1. The maximum absolute atomic E-state index is 17.4. The number of piperazine rings is 1. The summed E-state index contributed by atoms with van der Waals surface area (Å²) in [5.74, 6) is 0.0729. The standard InChI is InChI=1S/C54H56F3N9O7/c1-3-35-38(55)8-5-30-22-34(67)23-37(44(30)35)47-46(57)48-45(51(59-47)71-2)49(65-14-4-20-72-42-24-41(42)65)61-53(60-48)73-29-54(12-13-54)28-63-18-16-62(17-19-63)25-31-11-15-64(27-39(31)56)33-6-7-36-32(21-33)26-66(52(36)70)40-9-10-43(68)58-50(40)69/h1,5-8,21-23,31,39-42,67H,4,9-20,24-29H2,2H3,(H,58,68,69). The number of fused-ring (bicyclic) bond motifs is 4. The van der Waals surface area contributed by atoms with Crippen LogP contribution in [-0.4, -0.2) is 156 Å². The smallest absolute Gasteiger partial charge is 0.319 e. The summed E-state index contributed by atoms with van der Waals surface area (Å²) in [4.78, 5) is 62.3. The van der Waals surface area contributed by atoms with Crippen LogP contribution in [0.1, 0.15) is 66.4 Å². The topological polar surface area (TPSA) is 166 Å². The minimum absolute atomic E-state index is 0.00436. The predicted molar refractivity (Wildman–Crippen MR) is 264 cm³/mol. The molecule has 5 atom stereocenters. The van der Waals surface area contributed by atoms with Crippen LogP contribution in [0.2, 0.25) is 0 Å². The van der Waals surface area contributed by atoms with E-state index in [0.29, 0.717) is 62.5 Å². The molecule has 7 aliphatic rings. The van der Waals surface area contributed by atoms with Gasteiger partial charge in [-0.3, -0.25) is 19.7 Å². The van der Waals surface area contributed by atoms with Crippen LogP contribution in [0.25, 0.3) is 32.9 Å². The van der Waals surface area contributed by atoms with Gasteiger partial charge in [0.15, 0.2) is 5.82 Å². The lowest BCUT2D eigenvalue weighted by molar-refractivity contribution is -0.136. The zero-order chi connectivity index (χ0) is 50.3. The molecular formula is C54H56F3N9O7. The average molecular weight is 1000 g/mol. The number of nitrogens with zero attached hydrogens (tertiary/aromatic N) is 8.